The normalized spacial score (nSPS) is 18.9. The number of carbonyl (C=O) groups is 2. The second kappa shape index (κ2) is 10.7. The van der Waals surface area contributed by atoms with Crippen LogP contribution in [0.3, 0.4) is 0 Å². The van der Waals surface area contributed by atoms with Gasteiger partial charge in [0, 0.05) is 5.56 Å². The van der Waals surface area contributed by atoms with E-state index >= 15 is 0 Å². The first-order valence-electron chi connectivity index (χ1n) is 10.8. The van der Waals surface area contributed by atoms with Gasteiger partial charge in [-0.3, -0.25) is 9.59 Å². The van der Waals surface area contributed by atoms with Crippen LogP contribution in [0.15, 0.2) is 42.5 Å². The van der Waals surface area contributed by atoms with Crippen molar-refractivity contribution < 1.29 is 27.3 Å². The third-order valence-electron chi connectivity index (χ3n) is 5.48. The molecular weight excluding hydrogens is 465 g/mol. The van der Waals surface area contributed by atoms with Gasteiger partial charge in [0.1, 0.15) is 17.5 Å². The second-order valence-corrected chi connectivity index (χ2v) is 10.1. The number of halogens is 3. The van der Waals surface area contributed by atoms with Crippen molar-refractivity contribution in [3.63, 3.8) is 0 Å². The number of nitrogens with one attached hydrogen (secondary N) is 2. The van der Waals surface area contributed by atoms with E-state index in [1.165, 1.54) is 24.3 Å². The molecule has 0 aliphatic carbocycles. The van der Waals surface area contributed by atoms with Crippen LogP contribution in [0.25, 0.3) is 6.08 Å². The van der Waals surface area contributed by atoms with Crippen LogP contribution in [0.5, 0.6) is 0 Å². The molecule has 9 heteroatoms. The highest BCUT2D eigenvalue weighted by Crippen LogP contribution is 2.37. The Kier molecular flexibility index (Phi) is 8.09. The van der Waals surface area contributed by atoms with Crippen LogP contribution in [0.1, 0.15) is 44.1 Å². The SMILES string of the molecule is Cc1cc(C)cc(C(/C=C/c2ccc(C(=O)NCC(=O)NC3C[S+]([O-])C3)c(C)c2)C(F)(F)F)c1. The molecule has 34 heavy (non-hydrogen) atoms. The molecule has 1 fully saturated rings. The lowest BCUT2D eigenvalue weighted by molar-refractivity contribution is -0.139. The molecular formula is C25H27F3N2O3S. The molecule has 2 aromatic carbocycles. The van der Waals surface area contributed by atoms with E-state index in [9.17, 15) is 27.3 Å². The van der Waals surface area contributed by atoms with Gasteiger partial charge < -0.3 is 15.2 Å². The first kappa shape index (κ1) is 25.8. The lowest BCUT2D eigenvalue weighted by Crippen LogP contribution is -2.54. The van der Waals surface area contributed by atoms with Gasteiger partial charge in [-0.05, 0) is 54.7 Å². The summed E-state index contributed by atoms with van der Waals surface area (Å²) in [6.07, 6.45) is -1.91. The van der Waals surface area contributed by atoms with E-state index < -0.39 is 29.2 Å². The molecule has 1 heterocycles. The van der Waals surface area contributed by atoms with Gasteiger partial charge in [-0.25, -0.2) is 0 Å². The molecule has 0 bridgehead atoms. The molecule has 0 radical (unpaired) electrons. The van der Waals surface area contributed by atoms with E-state index in [0.717, 1.165) is 17.2 Å². The fourth-order valence-corrected chi connectivity index (χ4v) is 4.84. The minimum absolute atomic E-state index is 0.123. The molecule has 1 aliphatic rings. The number of allylic oxidation sites excluding steroid dienone is 1. The third kappa shape index (κ3) is 6.87. The summed E-state index contributed by atoms with van der Waals surface area (Å²) < 4.78 is 52.3. The van der Waals surface area contributed by atoms with Gasteiger partial charge >= 0.3 is 6.18 Å². The standard InChI is InChI=1S/C25H27F3N2O3S/c1-15-8-16(2)10-19(9-15)22(25(26,27)28)7-5-18-4-6-21(17(3)11-18)24(32)29-12-23(31)30-20-13-34(33)14-20/h4-11,20,22H,12-14H2,1-3H3,(H,29,32)(H,30,31)/b7-5+. The van der Waals surface area contributed by atoms with Crippen molar-refractivity contribution in [2.75, 3.05) is 18.1 Å². The van der Waals surface area contributed by atoms with Gasteiger partial charge in [-0.15, -0.1) is 0 Å². The summed E-state index contributed by atoms with van der Waals surface area (Å²) in [5.74, 6) is -1.72. The number of benzene rings is 2. The first-order valence-corrected chi connectivity index (χ1v) is 12.3. The number of amides is 2. The lowest BCUT2D eigenvalue weighted by atomic mass is 9.93. The van der Waals surface area contributed by atoms with E-state index in [2.05, 4.69) is 10.6 Å². The maximum absolute atomic E-state index is 13.7. The predicted octanol–water partition coefficient (Wildman–Crippen LogP) is 3.95. The maximum atomic E-state index is 13.7. The Balaban J connectivity index is 1.67. The Morgan fingerprint density at radius 3 is 2.32 bits per heavy atom. The molecule has 1 atom stereocenters. The molecule has 0 spiro atoms. The van der Waals surface area contributed by atoms with Gasteiger partial charge in [-0.1, -0.05) is 53.6 Å². The number of hydrogen-bond donors (Lipinski definition) is 2. The Bertz CT molecular complexity index is 1080. The lowest BCUT2D eigenvalue weighted by Gasteiger charge is -2.29. The zero-order valence-corrected chi connectivity index (χ0v) is 20.0. The minimum Gasteiger partial charge on any atom is -0.616 e. The number of aryl methyl sites for hydroxylation is 3. The zero-order valence-electron chi connectivity index (χ0n) is 19.2. The number of hydrogen-bond acceptors (Lipinski definition) is 3. The van der Waals surface area contributed by atoms with Crippen molar-refractivity contribution >= 4 is 29.1 Å². The van der Waals surface area contributed by atoms with Crippen LogP contribution in [0.4, 0.5) is 13.2 Å². The Morgan fingerprint density at radius 1 is 1.12 bits per heavy atom. The fraction of sp³-hybridized carbons (Fsp3) is 0.360. The molecule has 1 saturated heterocycles. The van der Waals surface area contributed by atoms with E-state index in [4.69, 9.17) is 0 Å². The summed E-state index contributed by atoms with van der Waals surface area (Å²) in [6.45, 7) is 4.99. The second-order valence-electron chi connectivity index (χ2n) is 8.59. The van der Waals surface area contributed by atoms with Gasteiger partial charge in [0.25, 0.3) is 5.91 Å². The zero-order chi connectivity index (χ0) is 25.0. The van der Waals surface area contributed by atoms with Crippen molar-refractivity contribution in [1.29, 1.82) is 0 Å². The van der Waals surface area contributed by atoms with Crippen molar-refractivity contribution in [1.82, 2.24) is 10.6 Å². The van der Waals surface area contributed by atoms with Gasteiger partial charge in [0.15, 0.2) is 0 Å². The van der Waals surface area contributed by atoms with Gasteiger partial charge in [0.2, 0.25) is 5.91 Å². The molecule has 1 aliphatic heterocycles. The van der Waals surface area contributed by atoms with Crippen LogP contribution in [0, 0.1) is 20.8 Å². The summed E-state index contributed by atoms with van der Waals surface area (Å²) in [6, 6.07) is 9.50. The molecule has 0 saturated carbocycles. The highest BCUT2D eigenvalue weighted by molar-refractivity contribution is 7.92. The average Bonchev–Trinajstić information content (AvgIpc) is 2.69. The molecule has 5 nitrogen and oxygen atoms in total. The van der Waals surface area contributed by atoms with E-state index in [0.29, 0.717) is 28.2 Å². The van der Waals surface area contributed by atoms with Crippen molar-refractivity contribution in [2.45, 2.75) is 38.9 Å². The highest BCUT2D eigenvalue weighted by Gasteiger charge is 2.39. The van der Waals surface area contributed by atoms with E-state index in [1.807, 2.05) is 6.07 Å². The van der Waals surface area contributed by atoms with Crippen LogP contribution < -0.4 is 10.6 Å². The van der Waals surface area contributed by atoms with E-state index in [1.54, 1.807) is 32.9 Å². The summed E-state index contributed by atoms with van der Waals surface area (Å²) in [7, 11) is 0. The topological polar surface area (TPSA) is 81.3 Å². The van der Waals surface area contributed by atoms with Gasteiger partial charge in [0.05, 0.1) is 12.5 Å². The summed E-state index contributed by atoms with van der Waals surface area (Å²) in [5, 5.41) is 5.22. The molecule has 0 aromatic heterocycles. The summed E-state index contributed by atoms with van der Waals surface area (Å²) in [5.41, 5.74) is 3.14. The Morgan fingerprint density at radius 2 is 1.76 bits per heavy atom. The third-order valence-corrected chi connectivity index (χ3v) is 7.03. The van der Waals surface area contributed by atoms with Crippen molar-refractivity contribution in [2.24, 2.45) is 0 Å². The molecule has 182 valence electrons. The summed E-state index contributed by atoms with van der Waals surface area (Å²) >= 11 is -0.880. The molecule has 2 aromatic rings. The largest absolute Gasteiger partial charge is 0.616 e. The molecule has 2 amide bonds. The number of rotatable bonds is 7. The number of carbonyl (C=O) groups excluding carboxylic acids is 2. The summed E-state index contributed by atoms with van der Waals surface area (Å²) in [4.78, 5) is 24.3. The molecule has 3 rings (SSSR count). The average molecular weight is 493 g/mol. The van der Waals surface area contributed by atoms with Crippen LogP contribution in [-0.4, -0.2) is 46.6 Å². The van der Waals surface area contributed by atoms with Gasteiger partial charge in [-0.2, -0.15) is 13.2 Å². The fourth-order valence-electron chi connectivity index (χ4n) is 3.87. The maximum Gasteiger partial charge on any atom is 0.399 e. The highest BCUT2D eigenvalue weighted by atomic mass is 32.2. The Hall–Kier alpha value is -2.78. The van der Waals surface area contributed by atoms with Crippen molar-refractivity contribution in [3.8, 4) is 0 Å². The van der Waals surface area contributed by atoms with Crippen LogP contribution in [0.2, 0.25) is 0 Å². The van der Waals surface area contributed by atoms with Crippen LogP contribution >= 0.6 is 0 Å². The molecule has 1 unspecified atom stereocenters. The predicted molar refractivity (Wildman–Crippen MR) is 127 cm³/mol. The minimum atomic E-state index is -4.44. The first-order chi connectivity index (χ1) is 15.9. The van der Waals surface area contributed by atoms with Crippen LogP contribution in [-0.2, 0) is 16.0 Å². The monoisotopic (exact) mass is 492 g/mol. The Labute approximate surface area is 200 Å². The molecule has 2 N–H and O–H groups in total. The quantitative estimate of drug-likeness (QED) is 0.575. The van der Waals surface area contributed by atoms with E-state index in [-0.39, 0.29) is 24.1 Å². The smallest absolute Gasteiger partial charge is 0.399 e. The number of alkyl halides is 3. The van der Waals surface area contributed by atoms with Crippen molar-refractivity contribution in [3.05, 3.63) is 75.9 Å².